The average Bonchev–Trinajstić information content (AvgIpc) is 3.11. The number of methoxy groups -OCH3 is 1. The summed E-state index contributed by atoms with van der Waals surface area (Å²) < 4.78 is 47.2. The van der Waals surface area contributed by atoms with Crippen molar-refractivity contribution in [2.75, 3.05) is 7.11 Å². The lowest BCUT2D eigenvalue weighted by Gasteiger charge is -2.09. The molecule has 11 heteroatoms. The molecule has 0 aliphatic heterocycles. The number of rotatable bonds is 5. The number of hydrogen-bond donors (Lipinski definition) is 1. The molecule has 0 unspecified atom stereocenters. The molecular weight excluding hydrogens is 477 g/mol. The molecule has 3 aromatic rings. The second-order valence-electron chi connectivity index (χ2n) is 5.52. The van der Waals surface area contributed by atoms with Gasteiger partial charge in [0.2, 0.25) is 0 Å². The maximum Gasteiger partial charge on any atom is 0.285 e. The molecule has 3 rings (SSSR count). The molecule has 1 aromatic heterocycles. The Kier molecular flexibility index (Phi) is 5.73. The van der Waals surface area contributed by atoms with E-state index >= 15 is 0 Å². The second-order valence-corrected chi connectivity index (χ2v) is 8.47. The number of nitrogens with one attached hydrogen (secondary N) is 1. The molecular formula is C17H12BrClFN3O4S. The van der Waals surface area contributed by atoms with Gasteiger partial charge in [-0.15, -0.1) is 0 Å². The third-order valence-electron chi connectivity index (χ3n) is 3.62. The van der Waals surface area contributed by atoms with Gasteiger partial charge in [-0.3, -0.25) is 4.79 Å². The van der Waals surface area contributed by atoms with Crippen LogP contribution in [0.25, 0.3) is 5.69 Å². The summed E-state index contributed by atoms with van der Waals surface area (Å²) in [4.78, 5) is 16.1. The fourth-order valence-electron chi connectivity index (χ4n) is 2.32. The lowest BCUT2D eigenvalue weighted by molar-refractivity contribution is 0.0977. The summed E-state index contributed by atoms with van der Waals surface area (Å²) in [5.74, 6) is -1.20. The summed E-state index contributed by atoms with van der Waals surface area (Å²) in [5, 5.41) is 0.167. The fourth-order valence-corrected chi connectivity index (χ4v) is 4.47. The van der Waals surface area contributed by atoms with Gasteiger partial charge < -0.3 is 9.30 Å². The summed E-state index contributed by atoms with van der Waals surface area (Å²) in [6.07, 6.45) is 2.50. The van der Waals surface area contributed by atoms with Gasteiger partial charge in [-0.05, 0) is 46.3 Å². The number of amides is 1. The lowest BCUT2D eigenvalue weighted by atomic mass is 10.3. The summed E-state index contributed by atoms with van der Waals surface area (Å²) in [5.41, 5.74) is 0.151. The minimum atomic E-state index is -4.20. The molecule has 0 bridgehead atoms. The monoisotopic (exact) mass is 487 g/mol. The van der Waals surface area contributed by atoms with E-state index in [0.717, 1.165) is 6.07 Å². The first-order valence-corrected chi connectivity index (χ1v) is 10.3. The van der Waals surface area contributed by atoms with Gasteiger partial charge in [0, 0.05) is 21.8 Å². The van der Waals surface area contributed by atoms with Crippen LogP contribution in [0.5, 0.6) is 5.75 Å². The minimum absolute atomic E-state index is 0.167. The maximum absolute atomic E-state index is 13.5. The first kappa shape index (κ1) is 20.3. The van der Waals surface area contributed by atoms with Crippen molar-refractivity contribution in [1.82, 2.24) is 14.3 Å². The highest BCUT2D eigenvalue weighted by atomic mass is 79.9. The number of carbonyl (C=O) groups excluding carboxylic acids is 1. The third-order valence-corrected chi connectivity index (χ3v) is 6.16. The van der Waals surface area contributed by atoms with Crippen molar-refractivity contribution in [2.24, 2.45) is 0 Å². The SMILES string of the molecule is COc1ccc(Br)c(S(=O)(=O)NC(=O)c2cn(-c3cc(F)cc(Cl)c3)cn2)c1. The van der Waals surface area contributed by atoms with Gasteiger partial charge >= 0.3 is 0 Å². The Balaban J connectivity index is 1.86. The minimum Gasteiger partial charge on any atom is -0.497 e. The Morgan fingerprint density at radius 1 is 1.29 bits per heavy atom. The van der Waals surface area contributed by atoms with Crippen molar-refractivity contribution >= 4 is 43.5 Å². The van der Waals surface area contributed by atoms with E-state index in [1.807, 2.05) is 4.72 Å². The molecule has 1 N–H and O–H groups in total. The highest BCUT2D eigenvalue weighted by Crippen LogP contribution is 2.26. The van der Waals surface area contributed by atoms with Crippen LogP contribution >= 0.6 is 27.5 Å². The number of carbonyl (C=O) groups is 1. The van der Waals surface area contributed by atoms with Crippen LogP contribution in [0.3, 0.4) is 0 Å². The van der Waals surface area contributed by atoms with Crippen molar-refractivity contribution in [1.29, 1.82) is 0 Å². The number of sulfonamides is 1. The molecule has 0 saturated carbocycles. The summed E-state index contributed by atoms with van der Waals surface area (Å²) in [7, 11) is -2.80. The van der Waals surface area contributed by atoms with Gasteiger partial charge in [-0.1, -0.05) is 11.6 Å². The van der Waals surface area contributed by atoms with Crippen LogP contribution in [0.2, 0.25) is 5.02 Å². The van der Waals surface area contributed by atoms with Crippen molar-refractivity contribution < 1.29 is 22.3 Å². The van der Waals surface area contributed by atoms with Gasteiger partial charge in [0.1, 0.15) is 28.5 Å². The van der Waals surface area contributed by atoms with E-state index in [4.69, 9.17) is 16.3 Å². The molecule has 0 fully saturated rings. The molecule has 146 valence electrons. The van der Waals surface area contributed by atoms with Crippen LogP contribution < -0.4 is 9.46 Å². The predicted molar refractivity (Wildman–Crippen MR) is 104 cm³/mol. The molecule has 0 aliphatic carbocycles. The Bertz CT molecular complexity index is 1150. The average molecular weight is 489 g/mol. The van der Waals surface area contributed by atoms with Gasteiger partial charge in [0.25, 0.3) is 15.9 Å². The molecule has 0 aliphatic rings. The largest absolute Gasteiger partial charge is 0.497 e. The van der Waals surface area contributed by atoms with E-state index < -0.39 is 21.7 Å². The molecule has 0 spiro atoms. The number of nitrogens with zero attached hydrogens (tertiary/aromatic N) is 2. The molecule has 0 saturated heterocycles. The Morgan fingerprint density at radius 2 is 2.04 bits per heavy atom. The normalized spacial score (nSPS) is 11.3. The third kappa shape index (κ3) is 4.34. The van der Waals surface area contributed by atoms with E-state index in [1.54, 1.807) is 6.07 Å². The maximum atomic E-state index is 13.5. The molecule has 2 aromatic carbocycles. The zero-order valence-corrected chi connectivity index (χ0v) is 17.3. The molecule has 7 nitrogen and oxygen atoms in total. The number of benzene rings is 2. The van der Waals surface area contributed by atoms with E-state index in [2.05, 4.69) is 20.9 Å². The van der Waals surface area contributed by atoms with E-state index in [-0.39, 0.29) is 20.1 Å². The summed E-state index contributed by atoms with van der Waals surface area (Å²) >= 11 is 8.95. The number of imidazole rings is 1. The Hall–Kier alpha value is -2.43. The zero-order chi connectivity index (χ0) is 20.5. The first-order valence-electron chi connectivity index (χ1n) is 7.61. The highest BCUT2D eigenvalue weighted by Gasteiger charge is 2.23. The van der Waals surface area contributed by atoms with Gasteiger partial charge in [0.15, 0.2) is 0 Å². The molecule has 0 atom stereocenters. The second kappa shape index (κ2) is 7.90. The van der Waals surface area contributed by atoms with Crippen LogP contribution in [0.1, 0.15) is 10.5 Å². The molecule has 1 amide bonds. The topological polar surface area (TPSA) is 90.3 Å². The van der Waals surface area contributed by atoms with Crippen LogP contribution in [0.15, 0.2) is 58.3 Å². The quantitative estimate of drug-likeness (QED) is 0.593. The van der Waals surface area contributed by atoms with Crippen molar-refractivity contribution in [2.45, 2.75) is 4.90 Å². The summed E-state index contributed by atoms with van der Waals surface area (Å²) in [6, 6.07) is 8.12. The number of halogens is 3. The fraction of sp³-hybridized carbons (Fsp3) is 0.0588. The zero-order valence-electron chi connectivity index (χ0n) is 14.2. The number of ether oxygens (including phenoxy) is 1. The predicted octanol–water partition coefficient (Wildman–Crippen LogP) is 3.55. The van der Waals surface area contributed by atoms with Crippen molar-refractivity contribution in [3.63, 3.8) is 0 Å². The van der Waals surface area contributed by atoms with Crippen LogP contribution in [-0.4, -0.2) is 31.0 Å². The lowest BCUT2D eigenvalue weighted by Crippen LogP contribution is -2.31. The Morgan fingerprint density at radius 3 is 2.71 bits per heavy atom. The Labute approximate surface area is 173 Å². The van der Waals surface area contributed by atoms with Gasteiger partial charge in [-0.25, -0.2) is 22.5 Å². The molecule has 0 radical (unpaired) electrons. The first-order chi connectivity index (χ1) is 13.2. The molecule has 1 heterocycles. The van der Waals surface area contributed by atoms with Crippen LogP contribution in [0, 0.1) is 5.82 Å². The highest BCUT2D eigenvalue weighted by molar-refractivity contribution is 9.10. The number of hydrogen-bond acceptors (Lipinski definition) is 5. The van der Waals surface area contributed by atoms with E-state index in [9.17, 15) is 17.6 Å². The smallest absolute Gasteiger partial charge is 0.285 e. The summed E-state index contributed by atoms with van der Waals surface area (Å²) in [6.45, 7) is 0. The van der Waals surface area contributed by atoms with Crippen LogP contribution in [0.4, 0.5) is 4.39 Å². The standard InChI is InChI=1S/C17H12BrClFN3O4S/c1-27-13-2-3-14(18)16(7-13)28(25,26)22-17(24)15-8-23(9-21-15)12-5-10(19)4-11(20)6-12/h2-9H,1H3,(H,22,24). The van der Waals surface area contributed by atoms with E-state index in [1.165, 1.54) is 48.5 Å². The van der Waals surface area contributed by atoms with Gasteiger partial charge in [0.05, 0.1) is 12.8 Å². The van der Waals surface area contributed by atoms with E-state index in [0.29, 0.717) is 11.4 Å². The van der Waals surface area contributed by atoms with Crippen molar-refractivity contribution in [3.8, 4) is 11.4 Å². The molecule has 28 heavy (non-hydrogen) atoms. The van der Waals surface area contributed by atoms with Crippen molar-refractivity contribution in [3.05, 3.63) is 69.9 Å². The van der Waals surface area contributed by atoms with Crippen LogP contribution in [-0.2, 0) is 10.0 Å². The number of aromatic nitrogens is 2. The van der Waals surface area contributed by atoms with Gasteiger partial charge in [-0.2, -0.15) is 0 Å².